The fourth-order valence-corrected chi connectivity index (χ4v) is 5.99. The number of carbonyl (C=O) groups is 1. The van der Waals surface area contributed by atoms with Crippen molar-refractivity contribution in [3.05, 3.63) is 92.8 Å². The lowest BCUT2D eigenvalue weighted by Gasteiger charge is -2.12. The zero-order chi connectivity index (χ0) is 26.6. The molecule has 1 amide bonds. The van der Waals surface area contributed by atoms with Crippen LogP contribution in [0.3, 0.4) is 0 Å². The SMILES string of the molecule is CCN1C(=O)/C(=C/c2ccc(OCc3ccccc3Cl)c(OC)c2)SC1=NS(=O)(=O)c1ccc(Cl)cc1. The van der Waals surface area contributed by atoms with E-state index in [-0.39, 0.29) is 29.1 Å². The number of carbonyl (C=O) groups excluding carboxylic acids is 1. The van der Waals surface area contributed by atoms with Crippen molar-refractivity contribution in [3.63, 3.8) is 0 Å². The molecule has 37 heavy (non-hydrogen) atoms. The molecular weight excluding hydrogens is 555 g/mol. The molecule has 7 nitrogen and oxygen atoms in total. The first-order valence-corrected chi connectivity index (χ1v) is 14.1. The number of hydrogen-bond acceptors (Lipinski definition) is 6. The summed E-state index contributed by atoms with van der Waals surface area (Å²) in [5.41, 5.74) is 1.51. The zero-order valence-corrected chi connectivity index (χ0v) is 23.0. The Morgan fingerprint density at radius 2 is 1.76 bits per heavy atom. The first-order chi connectivity index (χ1) is 17.7. The van der Waals surface area contributed by atoms with Crippen LogP contribution in [-0.2, 0) is 21.4 Å². The third kappa shape index (κ3) is 6.30. The molecule has 1 fully saturated rings. The van der Waals surface area contributed by atoms with Crippen LogP contribution in [0, 0.1) is 0 Å². The monoisotopic (exact) mass is 576 g/mol. The van der Waals surface area contributed by atoms with Crippen molar-refractivity contribution in [2.45, 2.75) is 18.4 Å². The van der Waals surface area contributed by atoms with Crippen LogP contribution in [-0.4, -0.2) is 38.0 Å². The van der Waals surface area contributed by atoms with Crippen LogP contribution in [0.15, 0.2) is 80.9 Å². The van der Waals surface area contributed by atoms with E-state index in [1.54, 1.807) is 37.3 Å². The van der Waals surface area contributed by atoms with Gasteiger partial charge in [-0.05, 0) is 72.8 Å². The van der Waals surface area contributed by atoms with E-state index >= 15 is 0 Å². The van der Waals surface area contributed by atoms with Gasteiger partial charge in [-0.2, -0.15) is 8.42 Å². The van der Waals surface area contributed by atoms with Gasteiger partial charge in [-0.1, -0.05) is 47.5 Å². The number of rotatable bonds is 8. The summed E-state index contributed by atoms with van der Waals surface area (Å²) in [6, 6.07) is 18.3. The molecule has 3 aromatic rings. The Balaban J connectivity index is 1.57. The molecule has 1 saturated heterocycles. The Morgan fingerprint density at radius 3 is 2.43 bits per heavy atom. The fourth-order valence-electron chi connectivity index (χ4n) is 3.43. The topological polar surface area (TPSA) is 85.3 Å². The second-order valence-electron chi connectivity index (χ2n) is 7.75. The highest BCUT2D eigenvalue weighted by molar-refractivity contribution is 8.19. The molecule has 0 radical (unpaired) electrons. The normalized spacial score (nSPS) is 16.0. The predicted octanol–water partition coefficient (Wildman–Crippen LogP) is 6.26. The van der Waals surface area contributed by atoms with Gasteiger partial charge in [0.2, 0.25) is 0 Å². The molecule has 0 aliphatic carbocycles. The number of hydrogen-bond donors (Lipinski definition) is 0. The molecule has 11 heteroatoms. The molecule has 0 bridgehead atoms. The van der Waals surface area contributed by atoms with Crippen molar-refractivity contribution in [2.24, 2.45) is 4.40 Å². The molecule has 0 saturated carbocycles. The average Bonchev–Trinajstić information content (AvgIpc) is 3.16. The molecule has 1 heterocycles. The maximum Gasteiger partial charge on any atom is 0.284 e. The van der Waals surface area contributed by atoms with Crippen molar-refractivity contribution < 1.29 is 22.7 Å². The smallest absolute Gasteiger partial charge is 0.284 e. The van der Waals surface area contributed by atoms with Crippen molar-refractivity contribution >= 4 is 62.1 Å². The van der Waals surface area contributed by atoms with Gasteiger partial charge in [0.1, 0.15) is 6.61 Å². The number of halogens is 2. The van der Waals surface area contributed by atoms with Gasteiger partial charge in [0.25, 0.3) is 15.9 Å². The van der Waals surface area contributed by atoms with Gasteiger partial charge < -0.3 is 9.47 Å². The van der Waals surface area contributed by atoms with Crippen molar-refractivity contribution in [3.8, 4) is 11.5 Å². The molecule has 0 aromatic heterocycles. The van der Waals surface area contributed by atoms with Crippen LogP contribution in [0.1, 0.15) is 18.1 Å². The molecule has 3 aromatic carbocycles. The van der Waals surface area contributed by atoms with E-state index < -0.39 is 10.0 Å². The van der Waals surface area contributed by atoms with Crippen LogP contribution in [0.4, 0.5) is 0 Å². The highest BCUT2D eigenvalue weighted by Gasteiger charge is 2.34. The second kappa shape index (κ2) is 11.6. The first kappa shape index (κ1) is 27.1. The molecule has 0 N–H and O–H groups in total. The molecular formula is C26H22Cl2N2O5S2. The minimum Gasteiger partial charge on any atom is -0.493 e. The third-order valence-electron chi connectivity index (χ3n) is 5.34. The molecule has 1 aliphatic rings. The van der Waals surface area contributed by atoms with Crippen LogP contribution in [0.5, 0.6) is 11.5 Å². The van der Waals surface area contributed by atoms with Gasteiger partial charge in [0, 0.05) is 22.2 Å². The Bertz CT molecular complexity index is 1490. The minimum absolute atomic E-state index is 0.0111. The van der Waals surface area contributed by atoms with Gasteiger partial charge in [-0.25, -0.2) is 0 Å². The summed E-state index contributed by atoms with van der Waals surface area (Å²) < 4.78 is 40.9. The summed E-state index contributed by atoms with van der Waals surface area (Å²) in [7, 11) is -2.51. The minimum atomic E-state index is -4.03. The Labute approximate surface area is 229 Å². The lowest BCUT2D eigenvalue weighted by atomic mass is 10.1. The molecule has 0 unspecified atom stereocenters. The summed E-state index contributed by atoms with van der Waals surface area (Å²) >= 11 is 13.1. The molecule has 4 rings (SSSR count). The van der Waals surface area contributed by atoms with Gasteiger partial charge in [0.05, 0.1) is 16.9 Å². The number of ether oxygens (including phenoxy) is 2. The fraction of sp³-hybridized carbons (Fsp3) is 0.154. The average molecular weight is 578 g/mol. The summed E-state index contributed by atoms with van der Waals surface area (Å²) in [5, 5.41) is 1.10. The molecule has 192 valence electrons. The van der Waals surface area contributed by atoms with Crippen LogP contribution >= 0.6 is 35.0 Å². The van der Waals surface area contributed by atoms with E-state index in [4.69, 9.17) is 32.7 Å². The second-order valence-corrected chi connectivity index (χ2v) is 11.2. The maximum absolute atomic E-state index is 13.0. The van der Waals surface area contributed by atoms with Crippen molar-refractivity contribution in [1.29, 1.82) is 0 Å². The number of amidine groups is 1. The van der Waals surface area contributed by atoms with Gasteiger partial charge in [-0.3, -0.25) is 9.69 Å². The van der Waals surface area contributed by atoms with E-state index in [9.17, 15) is 13.2 Å². The van der Waals surface area contributed by atoms with E-state index in [1.807, 2.05) is 18.2 Å². The maximum atomic E-state index is 13.0. The van der Waals surface area contributed by atoms with E-state index in [0.29, 0.717) is 32.0 Å². The highest BCUT2D eigenvalue weighted by atomic mass is 35.5. The quantitative estimate of drug-likeness (QED) is 0.294. The number of nitrogens with zero attached hydrogens (tertiary/aromatic N) is 2. The summed E-state index contributed by atoms with van der Waals surface area (Å²) in [5.74, 6) is 0.653. The highest BCUT2D eigenvalue weighted by Crippen LogP contribution is 2.36. The van der Waals surface area contributed by atoms with E-state index in [0.717, 1.165) is 17.3 Å². The van der Waals surface area contributed by atoms with E-state index in [1.165, 1.54) is 36.3 Å². The van der Waals surface area contributed by atoms with Crippen LogP contribution < -0.4 is 9.47 Å². The molecule has 0 spiro atoms. The summed E-state index contributed by atoms with van der Waals surface area (Å²) in [4.78, 5) is 14.6. The predicted molar refractivity (Wildman–Crippen MR) is 148 cm³/mol. The van der Waals surface area contributed by atoms with Gasteiger partial charge in [-0.15, -0.1) is 4.40 Å². The van der Waals surface area contributed by atoms with Crippen LogP contribution in [0.25, 0.3) is 6.08 Å². The van der Waals surface area contributed by atoms with Crippen molar-refractivity contribution in [1.82, 2.24) is 4.90 Å². The summed E-state index contributed by atoms with van der Waals surface area (Å²) in [6.07, 6.45) is 1.66. The number of methoxy groups -OCH3 is 1. The lowest BCUT2D eigenvalue weighted by Crippen LogP contribution is -2.29. The number of likely N-dealkylation sites (N-methyl/N-ethyl adjacent to an activating group) is 1. The summed E-state index contributed by atoms with van der Waals surface area (Å²) in [6.45, 7) is 2.27. The zero-order valence-electron chi connectivity index (χ0n) is 19.9. The van der Waals surface area contributed by atoms with Gasteiger partial charge >= 0.3 is 0 Å². The standard InChI is InChI=1S/C26H22Cl2N2O5S2/c1-3-30-25(31)24(36-26(30)29-37(32,33)20-11-9-19(27)10-12-20)15-17-8-13-22(23(14-17)34-2)35-16-18-6-4-5-7-21(18)28/h4-15H,3,16H2,1-2H3/b24-15-,29-26?. The number of thioether (sulfide) groups is 1. The molecule has 0 atom stereocenters. The molecule has 1 aliphatic heterocycles. The number of benzene rings is 3. The largest absolute Gasteiger partial charge is 0.493 e. The number of sulfonamides is 1. The third-order valence-corrected chi connectivity index (χ3v) is 8.36. The van der Waals surface area contributed by atoms with E-state index in [2.05, 4.69) is 4.40 Å². The Morgan fingerprint density at radius 1 is 1.03 bits per heavy atom. The Kier molecular flexibility index (Phi) is 8.49. The van der Waals surface area contributed by atoms with Crippen molar-refractivity contribution in [2.75, 3.05) is 13.7 Å². The first-order valence-electron chi connectivity index (χ1n) is 11.1. The Hall–Kier alpha value is -2.98. The van der Waals surface area contributed by atoms with Crippen LogP contribution in [0.2, 0.25) is 10.0 Å². The number of amides is 1. The lowest BCUT2D eigenvalue weighted by molar-refractivity contribution is -0.122. The van der Waals surface area contributed by atoms with Gasteiger partial charge in [0.15, 0.2) is 16.7 Å².